The molecular weight excluding hydrogens is 350 g/mol. The summed E-state index contributed by atoms with van der Waals surface area (Å²) in [5, 5.41) is 2.78. The van der Waals surface area contributed by atoms with Crippen molar-refractivity contribution in [3.63, 3.8) is 0 Å². The number of nitrogens with zero attached hydrogens (tertiary/aromatic N) is 1. The lowest BCUT2D eigenvalue weighted by molar-refractivity contribution is 0.0950. The summed E-state index contributed by atoms with van der Waals surface area (Å²) in [6.45, 7) is 0.385. The predicted molar refractivity (Wildman–Crippen MR) is 71.6 cm³/mol. The van der Waals surface area contributed by atoms with Crippen LogP contribution in [0.2, 0.25) is 0 Å². The van der Waals surface area contributed by atoms with E-state index in [1.54, 1.807) is 24.5 Å². The van der Waals surface area contributed by atoms with Crippen molar-refractivity contribution < 1.29 is 4.79 Å². The molecule has 0 saturated carbocycles. The summed E-state index contributed by atoms with van der Waals surface area (Å²) in [7, 11) is 0. The second-order valence-corrected chi connectivity index (χ2v) is 5.21. The van der Waals surface area contributed by atoms with Gasteiger partial charge in [-0.1, -0.05) is 31.9 Å². The van der Waals surface area contributed by atoms with E-state index in [1.807, 2.05) is 6.07 Å². The molecule has 88 valence electrons. The summed E-state index contributed by atoms with van der Waals surface area (Å²) in [6, 6.07) is 5.41. The Kier molecular flexibility index (Phi) is 3.96. The van der Waals surface area contributed by atoms with Crippen molar-refractivity contribution in [3.05, 3.63) is 50.9 Å². The Balaban J connectivity index is 2.04. The third-order valence-corrected chi connectivity index (χ3v) is 3.01. The van der Waals surface area contributed by atoms with Crippen molar-refractivity contribution in [2.75, 3.05) is 0 Å². The van der Waals surface area contributed by atoms with E-state index in [0.717, 1.165) is 14.8 Å². The third-order valence-electron chi connectivity index (χ3n) is 2.10. The van der Waals surface area contributed by atoms with Crippen LogP contribution in [0, 0.1) is 0 Å². The molecule has 1 heterocycles. The summed E-state index contributed by atoms with van der Waals surface area (Å²) < 4.78 is 1.71. The number of aromatic amines is 1. The Bertz CT molecular complexity index is 505. The van der Waals surface area contributed by atoms with Crippen molar-refractivity contribution in [1.82, 2.24) is 15.3 Å². The zero-order chi connectivity index (χ0) is 12.3. The number of hydrogen-bond donors (Lipinski definition) is 2. The number of amides is 1. The van der Waals surface area contributed by atoms with Gasteiger partial charge in [-0.05, 0) is 18.2 Å². The van der Waals surface area contributed by atoms with Crippen LogP contribution >= 0.6 is 31.9 Å². The molecule has 0 radical (unpaired) electrons. The summed E-state index contributed by atoms with van der Waals surface area (Å²) in [6.07, 6.45) is 3.37. The van der Waals surface area contributed by atoms with Crippen LogP contribution in [-0.4, -0.2) is 15.9 Å². The van der Waals surface area contributed by atoms with Crippen LogP contribution < -0.4 is 5.32 Å². The maximum atomic E-state index is 11.8. The first kappa shape index (κ1) is 12.3. The Morgan fingerprint density at radius 2 is 2.00 bits per heavy atom. The second kappa shape index (κ2) is 5.46. The quantitative estimate of drug-likeness (QED) is 0.886. The highest BCUT2D eigenvalue weighted by Gasteiger charge is 2.07. The molecule has 0 atom stereocenters. The van der Waals surface area contributed by atoms with Gasteiger partial charge in [0.05, 0.1) is 6.54 Å². The van der Waals surface area contributed by atoms with Gasteiger partial charge in [0.1, 0.15) is 5.82 Å². The maximum Gasteiger partial charge on any atom is 0.251 e. The lowest BCUT2D eigenvalue weighted by Gasteiger charge is -2.04. The van der Waals surface area contributed by atoms with E-state index in [9.17, 15) is 4.79 Å². The highest BCUT2D eigenvalue weighted by Crippen LogP contribution is 2.20. The van der Waals surface area contributed by atoms with E-state index < -0.39 is 0 Å². The molecule has 17 heavy (non-hydrogen) atoms. The smallest absolute Gasteiger partial charge is 0.251 e. The highest BCUT2D eigenvalue weighted by molar-refractivity contribution is 9.11. The first-order valence-corrected chi connectivity index (χ1v) is 6.46. The van der Waals surface area contributed by atoms with Gasteiger partial charge in [-0.3, -0.25) is 4.79 Å². The molecule has 0 aliphatic rings. The van der Waals surface area contributed by atoms with E-state index >= 15 is 0 Å². The van der Waals surface area contributed by atoms with Gasteiger partial charge >= 0.3 is 0 Å². The second-order valence-electron chi connectivity index (χ2n) is 3.38. The van der Waals surface area contributed by atoms with Crippen molar-refractivity contribution in [2.24, 2.45) is 0 Å². The molecule has 0 aliphatic heterocycles. The average molecular weight is 359 g/mol. The molecule has 0 bridgehead atoms. The minimum absolute atomic E-state index is 0.136. The van der Waals surface area contributed by atoms with Gasteiger partial charge in [-0.2, -0.15) is 0 Å². The molecule has 6 heteroatoms. The van der Waals surface area contributed by atoms with Gasteiger partial charge in [0.2, 0.25) is 0 Å². The standard InChI is InChI=1S/C11H9Br2N3O/c12-8-3-7(4-9(13)5-8)11(17)16-6-10-14-1-2-15-10/h1-5H,6H2,(H,14,15)(H,16,17). The number of imidazole rings is 1. The fraction of sp³-hybridized carbons (Fsp3) is 0.0909. The fourth-order valence-corrected chi connectivity index (χ4v) is 2.64. The van der Waals surface area contributed by atoms with Gasteiger partial charge in [0.15, 0.2) is 0 Å². The van der Waals surface area contributed by atoms with Crippen LogP contribution in [0.15, 0.2) is 39.5 Å². The summed E-state index contributed by atoms with van der Waals surface area (Å²) in [4.78, 5) is 18.8. The Labute approximate surface area is 115 Å². The number of carbonyl (C=O) groups is 1. The molecule has 2 N–H and O–H groups in total. The normalized spacial score (nSPS) is 10.2. The summed E-state index contributed by atoms with van der Waals surface area (Å²) in [5.41, 5.74) is 0.595. The monoisotopic (exact) mass is 357 g/mol. The van der Waals surface area contributed by atoms with Crippen molar-refractivity contribution in [2.45, 2.75) is 6.54 Å². The van der Waals surface area contributed by atoms with Gasteiger partial charge in [0, 0.05) is 26.9 Å². The lowest BCUT2D eigenvalue weighted by atomic mass is 10.2. The SMILES string of the molecule is O=C(NCc1ncc[nH]1)c1cc(Br)cc(Br)c1. The number of carbonyl (C=O) groups excluding carboxylic acids is 1. The average Bonchev–Trinajstić information content (AvgIpc) is 2.77. The topological polar surface area (TPSA) is 57.8 Å². The van der Waals surface area contributed by atoms with Gasteiger partial charge in [-0.25, -0.2) is 4.98 Å². The number of nitrogens with one attached hydrogen (secondary N) is 2. The Morgan fingerprint density at radius 1 is 1.29 bits per heavy atom. The summed E-state index contributed by atoms with van der Waals surface area (Å²) >= 11 is 6.69. The van der Waals surface area contributed by atoms with Crippen LogP contribution in [0.5, 0.6) is 0 Å². The van der Waals surface area contributed by atoms with Gasteiger partial charge in [-0.15, -0.1) is 0 Å². The van der Waals surface area contributed by atoms with E-state index in [-0.39, 0.29) is 5.91 Å². The highest BCUT2D eigenvalue weighted by atomic mass is 79.9. The minimum atomic E-state index is -0.136. The molecule has 0 spiro atoms. The van der Waals surface area contributed by atoms with E-state index in [2.05, 4.69) is 47.1 Å². The predicted octanol–water partition coefficient (Wildman–Crippen LogP) is 2.86. The number of aromatic nitrogens is 2. The summed E-state index contributed by atoms with van der Waals surface area (Å²) in [5.74, 6) is 0.593. The molecule has 1 amide bonds. The van der Waals surface area contributed by atoms with E-state index in [0.29, 0.717) is 12.1 Å². The molecule has 0 aliphatic carbocycles. The number of rotatable bonds is 3. The van der Waals surface area contributed by atoms with Crippen LogP contribution in [0.1, 0.15) is 16.2 Å². The Morgan fingerprint density at radius 3 is 2.59 bits per heavy atom. The van der Waals surface area contributed by atoms with Crippen LogP contribution in [0.25, 0.3) is 0 Å². The van der Waals surface area contributed by atoms with Crippen molar-refractivity contribution in [1.29, 1.82) is 0 Å². The van der Waals surface area contributed by atoms with E-state index in [4.69, 9.17) is 0 Å². The van der Waals surface area contributed by atoms with Crippen molar-refractivity contribution >= 4 is 37.8 Å². The van der Waals surface area contributed by atoms with Crippen LogP contribution in [-0.2, 0) is 6.54 Å². The molecule has 0 fully saturated rings. The zero-order valence-electron chi connectivity index (χ0n) is 8.71. The van der Waals surface area contributed by atoms with Crippen LogP contribution in [0.3, 0.4) is 0 Å². The van der Waals surface area contributed by atoms with Gasteiger partial charge in [0.25, 0.3) is 5.91 Å². The molecule has 2 rings (SSSR count). The van der Waals surface area contributed by atoms with E-state index in [1.165, 1.54) is 0 Å². The number of hydrogen-bond acceptors (Lipinski definition) is 2. The fourth-order valence-electron chi connectivity index (χ4n) is 1.35. The zero-order valence-corrected chi connectivity index (χ0v) is 11.9. The third kappa shape index (κ3) is 3.41. The maximum absolute atomic E-state index is 11.8. The lowest BCUT2D eigenvalue weighted by Crippen LogP contribution is -2.23. The Hall–Kier alpha value is -1.14. The first-order chi connectivity index (χ1) is 8.15. The number of H-pyrrole nitrogens is 1. The van der Waals surface area contributed by atoms with Crippen molar-refractivity contribution in [3.8, 4) is 0 Å². The minimum Gasteiger partial charge on any atom is -0.347 e. The molecule has 0 saturated heterocycles. The van der Waals surface area contributed by atoms with Crippen LogP contribution in [0.4, 0.5) is 0 Å². The molecule has 1 aromatic heterocycles. The molecule has 4 nitrogen and oxygen atoms in total. The number of halogens is 2. The van der Waals surface area contributed by atoms with Gasteiger partial charge < -0.3 is 10.3 Å². The molecule has 0 unspecified atom stereocenters. The molecular formula is C11H9Br2N3O. The first-order valence-electron chi connectivity index (χ1n) is 4.88. The molecule has 2 aromatic rings. The largest absolute Gasteiger partial charge is 0.347 e. The molecule has 1 aromatic carbocycles. The number of benzene rings is 1.